The van der Waals surface area contributed by atoms with Gasteiger partial charge in [0.25, 0.3) is 0 Å². The van der Waals surface area contributed by atoms with Crippen molar-refractivity contribution < 1.29 is 4.79 Å². The van der Waals surface area contributed by atoms with Gasteiger partial charge in [0.2, 0.25) is 5.91 Å². The van der Waals surface area contributed by atoms with Crippen LogP contribution in [0.5, 0.6) is 0 Å². The van der Waals surface area contributed by atoms with Gasteiger partial charge in [-0.15, -0.1) is 0 Å². The SMILES string of the molecule is NC(=O)CC(Cc1ccccc1)c1ccccc1Cc1cccnc1. The van der Waals surface area contributed by atoms with Crippen molar-refractivity contribution in [3.8, 4) is 0 Å². The number of benzene rings is 2. The van der Waals surface area contributed by atoms with Crippen molar-refractivity contribution in [2.24, 2.45) is 5.73 Å². The van der Waals surface area contributed by atoms with E-state index in [2.05, 4.69) is 35.3 Å². The highest BCUT2D eigenvalue weighted by Gasteiger charge is 2.18. The Balaban J connectivity index is 1.91. The lowest BCUT2D eigenvalue weighted by Gasteiger charge is -2.20. The molecule has 2 N–H and O–H groups in total. The molecule has 3 heteroatoms. The second-order valence-corrected chi connectivity index (χ2v) is 6.29. The van der Waals surface area contributed by atoms with Gasteiger partial charge in [-0.25, -0.2) is 0 Å². The van der Waals surface area contributed by atoms with Crippen LogP contribution in [0.25, 0.3) is 0 Å². The molecule has 3 aromatic rings. The largest absolute Gasteiger partial charge is 0.370 e. The van der Waals surface area contributed by atoms with E-state index in [9.17, 15) is 4.79 Å². The zero-order valence-electron chi connectivity index (χ0n) is 14.1. The summed E-state index contributed by atoms with van der Waals surface area (Å²) in [6.07, 6.45) is 5.61. The van der Waals surface area contributed by atoms with Gasteiger partial charge in [0.15, 0.2) is 0 Å². The Kier molecular flexibility index (Phi) is 5.57. The fourth-order valence-electron chi connectivity index (χ4n) is 3.25. The summed E-state index contributed by atoms with van der Waals surface area (Å²) in [4.78, 5) is 15.9. The molecule has 0 saturated heterocycles. The van der Waals surface area contributed by atoms with E-state index < -0.39 is 0 Å². The number of hydrogen-bond donors (Lipinski definition) is 1. The monoisotopic (exact) mass is 330 g/mol. The van der Waals surface area contributed by atoms with Crippen LogP contribution in [0.3, 0.4) is 0 Å². The van der Waals surface area contributed by atoms with E-state index in [1.54, 1.807) is 6.20 Å². The standard InChI is InChI=1S/C22H22N2O/c23-22(25)15-20(13-17-7-2-1-3-8-17)21-11-5-4-10-19(21)14-18-9-6-12-24-16-18/h1-12,16,20H,13-15H2,(H2,23,25). The Morgan fingerprint density at radius 3 is 2.36 bits per heavy atom. The predicted octanol–water partition coefficient (Wildman–Crippen LogP) is 3.87. The Morgan fingerprint density at radius 2 is 1.64 bits per heavy atom. The molecule has 0 spiro atoms. The van der Waals surface area contributed by atoms with Crippen LogP contribution in [-0.4, -0.2) is 10.9 Å². The number of nitrogens with two attached hydrogens (primary N) is 1. The van der Waals surface area contributed by atoms with Crippen LogP contribution in [0.15, 0.2) is 79.1 Å². The number of carbonyl (C=O) groups is 1. The molecule has 0 aliphatic heterocycles. The maximum atomic E-state index is 11.7. The summed E-state index contributed by atoms with van der Waals surface area (Å²) >= 11 is 0. The van der Waals surface area contributed by atoms with Crippen molar-refractivity contribution >= 4 is 5.91 Å². The molecule has 3 nitrogen and oxygen atoms in total. The van der Waals surface area contributed by atoms with E-state index in [0.29, 0.717) is 6.42 Å². The normalized spacial score (nSPS) is 11.8. The van der Waals surface area contributed by atoms with E-state index in [1.165, 1.54) is 16.7 Å². The minimum atomic E-state index is -0.267. The molecule has 0 fully saturated rings. The van der Waals surface area contributed by atoms with Crippen molar-refractivity contribution in [2.45, 2.75) is 25.2 Å². The van der Waals surface area contributed by atoms with Gasteiger partial charge in [0.1, 0.15) is 0 Å². The van der Waals surface area contributed by atoms with Gasteiger partial charge in [-0.05, 0) is 47.1 Å². The molecule has 0 aliphatic rings. The summed E-state index contributed by atoms with van der Waals surface area (Å²) in [7, 11) is 0. The molecule has 25 heavy (non-hydrogen) atoms. The minimum Gasteiger partial charge on any atom is -0.370 e. The molecular formula is C22H22N2O. The molecule has 0 saturated carbocycles. The Morgan fingerprint density at radius 1 is 0.920 bits per heavy atom. The van der Waals surface area contributed by atoms with Crippen LogP contribution in [0.4, 0.5) is 0 Å². The lowest BCUT2D eigenvalue weighted by molar-refractivity contribution is -0.118. The third-order valence-corrected chi connectivity index (χ3v) is 4.38. The molecule has 0 radical (unpaired) electrons. The number of nitrogens with zero attached hydrogens (tertiary/aromatic N) is 1. The molecule has 1 heterocycles. The lowest BCUT2D eigenvalue weighted by atomic mass is 9.85. The topological polar surface area (TPSA) is 56.0 Å². The fraction of sp³-hybridized carbons (Fsp3) is 0.182. The van der Waals surface area contributed by atoms with Gasteiger partial charge in [0.05, 0.1) is 0 Å². The minimum absolute atomic E-state index is 0.0766. The van der Waals surface area contributed by atoms with E-state index in [0.717, 1.165) is 18.4 Å². The first-order chi connectivity index (χ1) is 12.2. The summed E-state index contributed by atoms with van der Waals surface area (Å²) in [5.41, 5.74) is 10.3. The third-order valence-electron chi connectivity index (χ3n) is 4.38. The molecule has 1 unspecified atom stereocenters. The molecule has 0 aliphatic carbocycles. The van der Waals surface area contributed by atoms with Crippen molar-refractivity contribution in [2.75, 3.05) is 0 Å². The highest BCUT2D eigenvalue weighted by atomic mass is 16.1. The first-order valence-corrected chi connectivity index (χ1v) is 8.51. The van der Waals surface area contributed by atoms with Crippen LogP contribution in [-0.2, 0) is 17.6 Å². The third kappa shape index (κ3) is 4.77. The average Bonchev–Trinajstić information content (AvgIpc) is 2.63. The lowest BCUT2D eigenvalue weighted by Crippen LogP contribution is -2.18. The Bertz CT molecular complexity index is 816. The highest BCUT2D eigenvalue weighted by molar-refractivity contribution is 5.75. The number of aromatic nitrogens is 1. The number of hydrogen-bond acceptors (Lipinski definition) is 2. The molecular weight excluding hydrogens is 308 g/mol. The van der Waals surface area contributed by atoms with E-state index in [-0.39, 0.29) is 11.8 Å². The van der Waals surface area contributed by atoms with Crippen molar-refractivity contribution in [3.05, 3.63) is 101 Å². The summed E-state index contributed by atoms with van der Waals surface area (Å²) in [5, 5.41) is 0. The molecule has 1 atom stereocenters. The van der Waals surface area contributed by atoms with Gasteiger partial charge in [-0.3, -0.25) is 9.78 Å². The second kappa shape index (κ2) is 8.25. The molecule has 1 amide bonds. The number of primary amides is 1. The highest BCUT2D eigenvalue weighted by Crippen LogP contribution is 2.28. The van der Waals surface area contributed by atoms with Crippen molar-refractivity contribution in [3.63, 3.8) is 0 Å². The summed E-state index contributed by atoms with van der Waals surface area (Å²) in [5.74, 6) is -0.190. The van der Waals surface area contributed by atoms with E-state index in [4.69, 9.17) is 5.73 Å². The Labute approximate surface area is 148 Å². The van der Waals surface area contributed by atoms with Crippen LogP contribution in [0, 0.1) is 0 Å². The summed E-state index contributed by atoms with van der Waals surface area (Å²) < 4.78 is 0. The molecule has 126 valence electrons. The maximum Gasteiger partial charge on any atom is 0.218 e. The van der Waals surface area contributed by atoms with Crippen molar-refractivity contribution in [1.82, 2.24) is 4.98 Å². The first-order valence-electron chi connectivity index (χ1n) is 8.51. The predicted molar refractivity (Wildman–Crippen MR) is 100 cm³/mol. The van der Waals surface area contributed by atoms with Gasteiger partial charge in [-0.1, -0.05) is 60.7 Å². The van der Waals surface area contributed by atoms with E-state index in [1.807, 2.05) is 42.6 Å². The van der Waals surface area contributed by atoms with Gasteiger partial charge in [0, 0.05) is 18.8 Å². The summed E-state index contributed by atoms with van der Waals surface area (Å²) in [6, 6.07) is 22.6. The van der Waals surface area contributed by atoms with Crippen LogP contribution in [0.2, 0.25) is 0 Å². The quantitative estimate of drug-likeness (QED) is 0.715. The molecule has 0 bridgehead atoms. The van der Waals surface area contributed by atoms with Gasteiger partial charge < -0.3 is 5.73 Å². The first kappa shape index (κ1) is 16.9. The number of rotatable bonds is 7. The molecule has 2 aromatic carbocycles. The summed E-state index contributed by atoms with van der Waals surface area (Å²) in [6.45, 7) is 0. The zero-order chi connectivity index (χ0) is 17.5. The number of carbonyl (C=O) groups excluding carboxylic acids is 1. The Hall–Kier alpha value is -2.94. The van der Waals surface area contributed by atoms with Gasteiger partial charge >= 0.3 is 0 Å². The smallest absolute Gasteiger partial charge is 0.218 e. The zero-order valence-corrected chi connectivity index (χ0v) is 14.1. The molecule has 3 rings (SSSR count). The van der Waals surface area contributed by atoms with Crippen LogP contribution < -0.4 is 5.73 Å². The van der Waals surface area contributed by atoms with Crippen molar-refractivity contribution in [1.29, 1.82) is 0 Å². The molecule has 1 aromatic heterocycles. The number of amides is 1. The second-order valence-electron chi connectivity index (χ2n) is 6.29. The van der Waals surface area contributed by atoms with Crippen LogP contribution in [0.1, 0.15) is 34.6 Å². The van der Waals surface area contributed by atoms with Gasteiger partial charge in [-0.2, -0.15) is 0 Å². The van der Waals surface area contributed by atoms with E-state index >= 15 is 0 Å². The average molecular weight is 330 g/mol. The maximum absolute atomic E-state index is 11.7. The van der Waals surface area contributed by atoms with Crippen LogP contribution >= 0.6 is 0 Å². The number of pyridine rings is 1. The fourth-order valence-corrected chi connectivity index (χ4v) is 3.25.